The molecule has 3 nitrogen and oxygen atoms in total. The SMILES string of the molecule is Cc1nncc(CO)c1C. The summed E-state index contributed by atoms with van der Waals surface area (Å²) in [7, 11) is 0. The highest BCUT2D eigenvalue weighted by molar-refractivity contribution is 5.24. The Morgan fingerprint density at radius 1 is 1.50 bits per heavy atom. The molecule has 0 aliphatic carbocycles. The van der Waals surface area contributed by atoms with Gasteiger partial charge in [-0.2, -0.15) is 10.2 Å². The fourth-order valence-corrected chi connectivity index (χ4v) is 0.749. The quantitative estimate of drug-likeness (QED) is 0.617. The Bertz CT molecular complexity index is 235. The number of aliphatic hydroxyl groups excluding tert-OH is 1. The number of hydrogen-bond acceptors (Lipinski definition) is 3. The maximum Gasteiger partial charge on any atom is 0.0700 e. The molecule has 0 aliphatic heterocycles. The predicted molar refractivity (Wildman–Crippen MR) is 37.4 cm³/mol. The predicted octanol–water partition coefficient (Wildman–Crippen LogP) is 0.586. The Kier molecular flexibility index (Phi) is 1.97. The number of aliphatic hydroxyl groups is 1. The van der Waals surface area contributed by atoms with Crippen molar-refractivity contribution >= 4 is 0 Å². The summed E-state index contributed by atoms with van der Waals surface area (Å²) in [4.78, 5) is 0. The molecule has 0 amide bonds. The molecule has 1 aromatic heterocycles. The van der Waals surface area contributed by atoms with Crippen molar-refractivity contribution in [3.8, 4) is 0 Å². The van der Waals surface area contributed by atoms with Crippen LogP contribution >= 0.6 is 0 Å². The number of aromatic nitrogens is 2. The van der Waals surface area contributed by atoms with E-state index in [4.69, 9.17) is 5.11 Å². The Hall–Kier alpha value is -0.960. The van der Waals surface area contributed by atoms with E-state index in [9.17, 15) is 0 Å². The summed E-state index contributed by atoms with van der Waals surface area (Å²) in [6.45, 7) is 3.85. The molecule has 0 spiro atoms. The van der Waals surface area contributed by atoms with Crippen LogP contribution in [0.25, 0.3) is 0 Å². The molecule has 1 heterocycles. The molecule has 10 heavy (non-hydrogen) atoms. The monoisotopic (exact) mass is 138 g/mol. The van der Waals surface area contributed by atoms with Gasteiger partial charge in [0.25, 0.3) is 0 Å². The Morgan fingerprint density at radius 3 is 2.70 bits per heavy atom. The summed E-state index contributed by atoms with van der Waals surface area (Å²) in [6.07, 6.45) is 1.59. The molecule has 0 fully saturated rings. The molecule has 0 radical (unpaired) electrons. The third kappa shape index (κ3) is 1.14. The zero-order valence-corrected chi connectivity index (χ0v) is 6.13. The Labute approximate surface area is 59.7 Å². The summed E-state index contributed by atoms with van der Waals surface area (Å²) >= 11 is 0. The van der Waals surface area contributed by atoms with Crippen molar-refractivity contribution in [2.75, 3.05) is 0 Å². The lowest BCUT2D eigenvalue weighted by atomic mass is 10.1. The number of hydrogen-bond donors (Lipinski definition) is 1. The molecule has 1 rings (SSSR count). The van der Waals surface area contributed by atoms with Crippen molar-refractivity contribution in [1.29, 1.82) is 0 Å². The molecule has 0 unspecified atom stereocenters. The van der Waals surface area contributed by atoms with Gasteiger partial charge in [0.15, 0.2) is 0 Å². The van der Waals surface area contributed by atoms with Crippen LogP contribution in [-0.2, 0) is 6.61 Å². The highest BCUT2D eigenvalue weighted by Gasteiger charge is 1.99. The van der Waals surface area contributed by atoms with E-state index in [0.29, 0.717) is 0 Å². The molecule has 1 aromatic rings. The maximum atomic E-state index is 8.78. The van der Waals surface area contributed by atoms with Gasteiger partial charge < -0.3 is 5.11 Å². The van der Waals surface area contributed by atoms with E-state index in [1.54, 1.807) is 6.20 Å². The minimum Gasteiger partial charge on any atom is -0.392 e. The molecule has 0 atom stereocenters. The summed E-state index contributed by atoms with van der Waals surface area (Å²) in [5.41, 5.74) is 2.76. The average molecular weight is 138 g/mol. The number of rotatable bonds is 1. The van der Waals surface area contributed by atoms with Gasteiger partial charge in [-0.15, -0.1) is 0 Å². The molecule has 0 saturated carbocycles. The van der Waals surface area contributed by atoms with Crippen LogP contribution in [-0.4, -0.2) is 15.3 Å². The van der Waals surface area contributed by atoms with Crippen molar-refractivity contribution in [3.63, 3.8) is 0 Å². The van der Waals surface area contributed by atoms with Crippen LogP contribution in [0.4, 0.5) is 0 Å². The fraction of sp³-hybridized carbons (Fsp3) is 0.429. The second kappa shape index (κ2) is 2.75. The van der Waals surface area contributed by atoms with Gasteiger partial charge in [-0.05, 0) is 19.4 Å². The second-order valence-corrected chi connectivity index (χ2v) is 2.24. The minimum atomic E-state index is 0.0438. The first-order chi connectivity index (χ1) is 4.75. The molecule has 0 aromatic carbocycles. The van der Waals surface area contributed by atoms with Gasteiger partial charge in [-0.3, -0.25) is 0 Å². The highest BCUT2D eigenvalue weighted by atomic mass is 16.3. The molecule has 54 valence electrons. The third-order valence-electron chi connectivity index (χ3n) is 1.62. The Balaban J connectivity index is 3.14. The lowest BCUT2D eigenvalue weighted by Gasteiger charge is -2.01. The topological polar surface area (TPSA) is 46.0 Å². The van der Waals surface area contributed by atoms with Gasteiger partial charge in [-0.1, -0.05) is 0 Å². The van der Waals surface area contributed by atoms with Gasteiger partial charge in [0.1, 0.15) is 0 Å². The van der Waals surface area contributed by atoms with Crippen molar-refractivity contribution < 1.29 is 5.11 Å². The first-order valence-electron chi connectivity index (χ1n) is 3.14. The van der Waals surface area contributed by atoms with Gasteiger partial charge in [0, 0.05) is 5.56 Å². The Morgan fingerprint density at radius 2 is 2.20 bits per heavy atom. The van der Waals surface area contributed by atoms with Crippen molar-refractivity contribution in [1.82, 2.24) is 10.2 Å². The van der Waals surface area contributed by atoms with E-state index in [1.165, 1.54) is 0 Å². The first kappa shape index (κ1) is 7.15. The molecular weight excluding hydrogens is 128 g/mol. The van der Waals surface area contributed by atoms with E-state index >= 15 is 0 Å². The van der Waals surface area contributed by atoms with E-state index in [0.717, 1.165) is 16.8 Å². The van der Waals surface area contributed by atoms with Crippen LogP contribution in [0.1, 0.15) is 16.8 Å². The van der Waals surface area contributed by atoms with Gasteiger partial charge in [0.2, 0.25) is 0 Å². The first-order valence-corrected chi connectivity index (χ1v) is 3.14. The van der Waals surface area contributed by atoms with E-state index in [-0.39, 0.29) is 6.61 Å². The lowest BCUT2D eigenvalue weighted by Crippen LogP contribution is -1.96. The lowest BCUT2D eigenvalue weighted by molar-refractivity contribution is 0.280. The van der Waals surface area contributed by atoms with Gasteiger partial charge in [0.05, 0.1) is 18.5 Å². The third-order valence-corrected chi connectivity index (χ3v) is 1.62. The summed E-state index contributed by atoms with van der Waals surface area (Å²) in [5.74, 6) is 0. The van der Waals surface area contributed by atoms with Crippen molar-refractivity contribution in [2.24, 2.45) is 0 Å². The molecule has 0 bridgehead atoms. The van der Waals surface area contributed by atoms with Crippen molar-refractivity contribution in [3.05, 3.63) is 23.0 Å². The number of aryl methyl sites for hydroxylation is 1. The van der Waals surface area contributed by atoms with Gasteiger partial charge >= 0.3 is 0 Å². The van der Waals surface area contributed by atoms with Crippen LogP contribution < -0.4 is 0 Å². The standard InChI is InChI=1S/C7H10N2O/c1-5-6(2)9-8-3-7(5)4-10/h3,10H,4H2,1-2H3. The van der Waals surface area contributed by atoms with Crippen LogP contribution in [0.3, 0.4) is 0 Å². The van der Waals surface area contributed by atoms with E-state index < -0.39 is 0 Å². The molecule has 1 N–H and O–H groups in total. The molecule has 0 aliphatic rings. The molecule has 3 heteroatoms. The smallest absolute Gasteiger partial charge is 0.0700 e. The zero-order chi connectivity index (χ0) is 7.56. The zero-order valence-electron chi connectivity index (χ0n) is 6.13. The van der Waals surface area contributed by atoms with Gasteiger partial charge in [-0.25, -0.2) is 0 Å². The minimum absolute atomic E-state index is 0.0438. The van der Waals surface area contributed by atoms with Crippen LogP contribution in [0.2, 0.25) is 0 Å². The molecular formula is C7H10N2O. The largest absolute Gasteiger partial charge is 0.392 e. The number of nitrogens with zero attached hydrogens (tertiary/aromatic N) is 2. The normalized spacial score (nSPS) is 9.90. The van der Waals surface area contributed by atoms with Crippen LogP contribution in [0.5, 0.6) is 0 Å². The van der Waals surface area contributed by atoms with E-state index in [1.807, 2.05) is 13.8 Å². The fourth-order valence-electron chi connectivity index (χ4n) is 0.749. The summed E-state index contributed by atoms with van der Waals surface area (Å²) in [6, 6.07) is 0. The van der Waals surface area contributed by atoms with E-state index in [2.05, 4.69) is 10.2 Å². The maximum absolute atomic E-state index is 8.78. The average Bonchev–Trinajstić information content (AvgIpc) is 1.95. The van der Waals surface area contributed by atoms with Crippen LogP contribution in [0.15, 0.2) is 6.20 Å². The van der Waals surface area contributed by atoms with Crippen molar-refractivity contribution in [2.45, 2.75) is 20.5 Å². The highest BCUT2D eigenvalue weighted by Crippen LogP contribution is 2.07. The second-order valence-electron chi connectivity index (χ2n) is 2.24. The summed E-state index contributed by atoms with van der Waals surface area (Å²) < 4.78 is 0. The summed E-state index contributed by atoms with van der Waals surface area (Å²) in [5, 5.41) is 16.3. The molecule has 0 saturated heterocycles. The van der Waals surface area contributed by atoms with Crippen LogP contribution in [0, 0.1) is 13.8 Å².